The van der Waals surface area contributed by atoms with Crippen molar-refractivity contribution in [1.29, 1.82) is 0 Å². The molecule has 0 spiro atoms. The molecule has 2 aliphatic rings. The number of sulfone groups is 1. The molecule has 2 aromatic carbocycles. The minimum atomic E-state index is -3.78. The van der Waals surface area contributed by atoms with E-state index in [9.17, 15) is 8.42 Å². The lowest BCUT2D eigenvalue weighted by Crippen LogP contribution is -2.48. The van der Waals surface area contributed by atoms with Crippen LogP contribution in [0.3, 0.4) is 0 Å². The van der Waals surface area contributed by atoms with Gasteiger partial charge in [0, 0.05) is 12.7 Å². The Kier molecular flexibility index (Phi) is 5.35. The molecule has 4 atom stereocenters. The summed E-state index contributed by atoms with van der Waals surface area (Å²) in [6, 6.07) is 16.2. The van der Waals surface area contributed by atoms with E-state index >= 15 is 0 Å². The van der Waals surface area contributed by atoms with E-state index in [1.54, 1.807) is 30.3 Å². The number of hydrogen-bond donors (Lipinski definition) is 0. The van der Waals surface area contributed by atoms with Gasteiger partial charge in [-0.1, -0.05) is 48.0 Å². The highest BCUT2D eigenvalue weighted by Gasteiger charge is 2.42. The van der Waals surface area contributed by atoms with Gasteiger partial charge in [-0.2, -0.15) is 0 Å². The van der Waals surface area contributed by atoms with Gasteiger partial charge in [0.15, 0.2) is 12.6 Å². The van der Waals surface area contributed by atoms with Gasteiger partial charge in [0.25, 0.3) is 0 Å². The second-order valence-electron chi connectivity index (χ2n) is 6.80. The van der Waals surface area contributed by atoms with Crippen molar-refractivity contribution < 1.29 is 27.4 Å². The Bertz CT molecular complexity index is 952. The first-order valence-electron chi connectivity index (χ1n) is 9.03. The Hall–Kier alpha value is -2.03. The molecule has 2 aromatic rings. The molecule has 0 aromatic heterocycles. The Balaban J connectivity index is 1.66. The van der Waals surface area contributed by atoms with Crippen LogP contribution in [0.2, 0.25) is 0 Å². The van der Waals surface area contributed by atoms with Crippen molar-refractivity contribution >= 4 is 9.84 Å². The van der Waals surface area contributed by atoms with Crippen LogP contribution in [0.1, 0.15) is 17.4 Å². The fourth-order valence-corrected chi connectivity index (χ4v) is 4.79. The van der Waals surface area contributed by atoms with E-state index in [-0.39, 0.29) is 16.4 Å². The normalized spacial score (nSPS) is 27.7. The van der Waals surface area contributed by atoms with E-state index in [2.05, 4.69) is 0 Å². The second-order valence-corrected chi connectivity index (χ2v) is 8.75. The fourth-order valence-electron chi connectivity index (χ4n) is 3.30. The lowest BCUT2D eigenvalue weighted by atomic mass is 10.1. The molecule has 1 unspecified atom stereocenters. The zero-order valence-corrected chi connectivity index (χ0v) is 16.5. The third-order valence-electron chi connectivity index (χ3n) is 4.85. The predicted molar refractivity (Wildman–Crippen MR) is 102 cm³/mol. The molecule has 148 valence electrons. The molecule has 1 saturated heterocycles. The lowest BCUT2D eigenvalue weighted by molar-refractivity contribution is -0.281. The molecule has 2 aliphatic heterocycles. The van der Waals surface area contributed by atoms with Gasteiger partial charge >= 0.3 is 0 Å². The van der Waals surface area contributed by atoms with Crippen LogP contribution in [0.5, 0.6) is 0 Å². The van der Waals surface area contributed by atoms with E-state index in [1.807, 2.05) is 37.3 Å². The van der Waals surface area contributed by atoms with Gasteiger partial charge < -0.3 is 18.9 Å². The molecule has 6 nitrogen and oxygen atoms in total. The van der Waals surface area contributed by atoms with Crippen molar-refractivity contribution in [2.24, 2.45) is 0 Å². The number of ether oxygens (including phenoxy) is 4. The molecule has 0 radical (unpaired) electrons. The van der Waals surface area contributed by atoms with E-state index in [0.29, 0.717) is 0 Å². The first-order chi connectivity index (χ1) is 13.5. The topological polar surface area (TPSA) is 71.1 Å². The molecule has 0 N–H and O–H groups in total. The van der Waals surface area contributed by atoms with Gasteiger partial charge in [0.05, 0.1) is 11.5 Å². The summed E-state index contributed by atoms with van der Waals surface area (Å²) in [7, 11) is -2.36. The van der Waals surface area contributed by atoms with Crippen molar-refractivity contribution in [2.75, 3.05) is 13.7 Å². The maximum Gasteiger partial charge on any atom is 0.207 e. The van der Waals surface area contributed by atoms with E-state index in [1.165, 1.54) is 7.11 Å². The molecule has 7 heteroatoms. The smallest absolute Gasteiger partial charge is 0.207 e. The van der Waals surface area contributed by atoms with Crippen LogP contribution in [-0.2, 0) is 28.8 Å². The highest BCUT2D eigenvalue weighted by Crippen LogP contribution is 2.36. The Labute approximate surface area is 164 Å². The van der Waals surface area contributed by atoms with Gasteiger partial charge in [0.1, 0.15) is 17.1 Å². The molecule has 0 saturated carbocycles. The number of fused-ring (bicyclic) bond motifs is 1. The molecule has 1 fully saturated rings. The average molecular weight is 402 g/mol. The number of aryl methyl sites for hydroxylation is 1. The van der Waals surface area contributed by atoms with Crippen LogP contribution in [0.15, 0.2) is 70.5 Å². The Morgan fingerprint density at radius 1 is 1.00 bits per heavy atom. The van der Waals surface area contributed by atoms with Gasteiger partial charge in [-0.15, -0.1) is 0 Å². The summed E-state index contributed by atoms with van der Waals surface area (Å²) < 4.78 is 49.3. The summed E-state index contributed by atoms with van der Waals surface area (Å²) in [6.45, 7) is 2.18. The van der Waals surface area contributed by atoms with Crippen LogP contribution < -0.4 is 0 Å². The van der Waals surface area contributed by atoms with Gasteiger partial charge in [-0.3, -0.25) is 0 Å². The Morgan fingerprint density at radius 2 is 1.71 bits per heavy atom. The number of benzene rings is 2. The quantitative estimate of drug-likeness (QED) is 0.783. The van der Waals surface area contributed by atoms with Crippen LogP contribution in [0, 0.1) is 6.92 Å². The summed E-state index contributed by atoms with van der Waals surface area (Å²) in [6.07, 6.45) is -0.990. The van der Waals surface area contributed by atoms with E-state index < -0.39 is 34.6 Å². The first-order valence-corrected chi connectivity index (χ1v) is 10.5. The summed E-state index contributed by atoms with van der Waals surface area (Å²) in [5, 5.41) is 0. The van der Waals surface area contributed by atoms with Crippen molar-refractivity contribution in [3.05, 3.63) is 76.7 Å². The second kappa shape index (κ2) is 7.77. The monoisotopic (exact) mass is 402 g/mol. The van der Waals surface area contributed by atoms with Gasteiger partial charge in [-0.05, 0) is 25.1 Å². The summed E-state index contributed by atoms with van der Waals surface area (Å²) in [4.78, 5) is 0.244. The van der Waals surface area contributed by atoms with Crippen LogP contribution in [0.25, 0.3) is 0 Å². The largest absolute Gasteiger partial charge is 0.351 e. The van der Waals surface area contributed by atoms with Gasteiger partial charge in [0.2, 0.25) is 9.84 Å². The fraction of sp³-hybridized carbons (Fsp3) is 0.333. The standard InChI is InChI=1S/C21H22O6S/c1-14-8-10-16(11-9-14)28(22,23)19-12-17-18(27-21(19)24-2)13-25-20(26-17)15-6-4-3-5-7-15/h3-12,17-18,20-21H,13H2,1-2H3/t17-,18+,20?,21+/m0/s1. The molecular weight excluding hydrogens is 380 g/mol. The zero-order chi connectivity index (χ0) is 19.7. The van der Waals surface area contributed by atoms with Crippen LogP contribution in [-0.4, -0.2) is 40.6 Å². The third-order valence-corrected chi connectivity index (χ3v) is 6.69. The van der Waals surface area contributed by atoms with Crippen molar-refractivity contribution in [1.82, 2.24) is 0 Å². The van der Waals surface area contributed by atoms with Crippen LogP contribution in [0.4, 0.5) is 0 Å². The first kappa shape index (κ1) is 19.3. The molecule has 28 heavy (non-hydrogen) atoms. The lowest BCUT2D eigenvalue weighted by Gasteiger charge is -2.40. The zero-order valence-electron chi connectivity index (χ0n) is 15.6. The van der Waals surface area contributed by atoms with Crippen molar-refractivity contribution in [3.8, 4) is 0 Å². The number of rotatable bonds is 4. The Morgan fingerprint density at radius 3 is 2.39 bits per heavy atom. The van der Waals surface area contributed by atoms with Crippen molar-refractivity contribution in [2.45, 2.75) is 36.6 Å². The number of hydrogen-bond acceptors (Lipinski definition) is 6. The molecule has 4 rings (SSSR count). The predicted octanol–water partition coefficient (Wildman–Crippen LogP) is 3.14. The average Bonchev–Trinajstić information content (AvgIpc) is 2.73. The summed E-state index contributed by atoms with van der Waals surface area (Å²) in [5.74, 6) is 0. The van der Waals surface area contributed by atoms with E-state index in [0.717, 1.165) is 11.1 Å². The maximum absolute atomic E-state index is 13.2. The van der Waals surface area contributed by atoms with Crippen molar-refractivity contribution in [3.63, 3.8) is 0 Å². The molecule has 0 aliphatic carbocycles. The molecular formula is C21H22O6S. The summed E-state index contributed by atoms with van der Waals surface area (Å²) >= 11 is 0. The third kappa shape index (κ3) is 3.64. The maximum atomic E-state index is 13.2. The molecule has 2 heterocycles. The minimum Gasteiger partial charge on any atom is -0.351 e. The van der Waals surface area contributed by atoms with Gasteiger partial charge in [-0.25, -0.2) is 8.42 Å². The highest BCUT2D eigenvalue weighted by molar-refractivity contribution is 7.95. The number of methoxy groups -OCH3 is 1. The summed E-state index contributed by atoms with van der Waals surface area (Å²) in [5.41, 5.74) is 1.85. The SMILES string of the molecule is CO[C@@H]1O[C@@H]2COC(c3ccccc3)O[C@H]2C=C1S(=O)(=O)c1ccc(C)cc1. The highest BCUT2D eigenvalue weighted by atomic mass is 32.2. The van der Waals surface area contributed by atoms with Crippen LogP contribution >= 0.6 is 0 Å². The minimum absolute atomic E-state index is 0.0498. The molecule has 0 bridgehead atoms. The van der Waals surface area contributed by atoms with E-state index in [4.69, 9.17) is 18.9 Å². The molecule has 0 amide bonds.